The molecule has 0 spiro atoms. The molecule has 2 heterocycles. The highest BCUT2D eigenvalue weighted by Gasteiger charge is 2.31. The van der Waals surface area contributed by atoms with E-state index in [1.54, 1.807) is 0 Å². The fraction of sp³-hybridized carbons (Fsp3) is 1.00. The largest absolute Gasteiger partial charge is 0.389 e. The maximum Gasteiger partial charge on any atom is 0.0950 e. The summed E-state index contributed by atoms with van der Waals surface area (Å²) in [6, 6.07) is 0.283. The Balaban J connectivity index is 1.89. The summed E-state index contributed by atoms with van der Waals surface area (Å²) in [5.74, 6) is 0. The molecular formula is C9H17NO2. The van der Waals surface area contributed by atoms with Gasteiger partial charge >= 0.3 is 0 Å². The highest BCUT2D eigenvalue weighted by atomic mass is 16.5. The molecule has 0 aromatic rings. The first-order valence-corrected chi connectivity index (χ1v) is 4.88. The van der Waals surface area contributed by atoms with Crippen molar-refractivity contribution in [1.82, 2.24) is 4.90 Å². The van der Waals surface area contributed by atoms with Gasteiger partial charge in [-0.05, 0) is 25.9 Å². The lowest BCUT2D eigenvalue weighted by Crippen LogP contribution is -2.45. The van der Waals surface area contributed by atoms with Gasteiger partial charge in [0.1, 0.15) is 0 Å². The summed E-state index contributed by atoms with van der Waals surface area (Å²) < 4.78 is 5.23. The smallest absolute Gasteiger partial charge is 0.0950 e. The zero-order valence-electron chi connectivity index (χ0n) is 7.41. The van der Waals surface area contributed by atoms with E-state index in [2.05, 4.69) is 4.90 Å². The molecule has 3 heteroatoms. The number of hydrogen-bond donors (Lipinski definition) is 1. The maximum absolute atomic E-state index is 9.57. The van der Waals surface area contributed by atoms with Crippen LogP contribution in [0.25, 0.3) is 0 Å². The van der Waals surface area contributed by atoms with Gasteiger partial charge in [0.05, 0.1) is 25.4 Å². The molecule has 12 heavy (non-hydrogen) atoms. The van der Waals surface area contributed by atoms with Crippen molar-refractivity contribution in [2.75, 3.05) is 26.3 Å². The van der Waals surface area contributed by atoms with Crippen molar-refractivity contribution < 1.29 is 9.84 Å². The topological polar surface area (TPSA) is 32.7 Å². The van der Waals surface area contributed by atoms with Crippen LogP contribution in [0.5, 0.6) is 0 Å². The maximum atomic E-state index is 9.57. The van der Waals surface area contributed by atoms with Crippen LogP contribution >= 0.6 is 0 Å². The van der Waals surface area contributed by atoms with Crippen LogP contribution < -0.4 is 0 Å². The van der Waals surface area contributed by atoms with Crippen LogP contribution in [0, 0.1) is 0 Å². The number of hydrogen-bond acceptors (Lipinski definition) is 3. The molecule has 0 aromatic heterocycles. The van der Waals surface area contributed by atoms with Gasteiger partial charge < -0.3 is 9.84 Å². The first kappa shape index (κ1) is 8.48. The van der Waals surface area contributed by atoms with E-state index in [4.69, 9.17) is 4.74 Å². The molecule has 0 radical (unpaired) electrons. The Morgan fingerprint density at radius 1 is 1.08 bits per heavy atom. The summed E-state index contributed by atoms with van der Waals surface area (Å²) in [5.41, 5.74) is 0. The summed E-state index contributed by atoms with van der Waals surface area (Å²) >= 11 is 0. The highest BCUT2D eigenvalue weighted by Crippen LogP contribution is 2.18. The van der Waals surface area contributed by atoms with Gasteiger partial charge in [-0.3, -0.25) is 4.90 Å². The first-order chi connectivity index (χ1) is 5.88. The fourth-order valence-corrected chi connectivity index (χ4v) is 2.13. The van der Waals surface area contributed by atoms with Crippen LogP contribution in [0.1, 0.15) is 19.3 Å². The first-order valence-electron chi connectivity index (χ1n) is 4.88. The van der Waals surface area contributed by atoms with Gasteiger partial charge in [-0.25, -0.2) is 0 Å². The normalized spacial score (nSPS) is 38.8. The van der Waals surface area contributed by atoms with Crippen molar-refractivity contribution in [3.05, 3.63) is 0 Å². The van der Waals surface area contributed by atoms with E-state index in [1.807, 2.05) is 0 Å². The summed E-state index contributed by atoms with van der Waals surface area (Å²) in [6.07, 6.45) is 3.66. The predicted molar refractivity (Wildman–Crippen MR) is 46.0 cm³/mol. The van der Waals surface area contributed by atoms with E-state index < -0.39 is 0 Å². The van der Waals surface area contributed by atoms with E-state index in [0.29, 0.717) is 6.61 Å². The molecule has 2 fully saturated rings. The molecule has 2 rings (SSSR count). The lowest BCUT2D eigenvalue weighted by Gasteiger charge is -2.32. The van der Waals surface area contributed by atoms with E-state index in [1.165, 1.54) is 19.3 Å². The van der Waals surface area contributed by atoms with Crippen molar-refractivity contribution in [3.8, 4) is 0 Å². The van der Waals surface area contributed by atoms with Gasteiger partial charge in [0.15, 0.2) is 0 Å². The Morgan fingerprint density at radius 3 is 2.42 bits per heavy atom. The number of piperidine rings is 1. The third-order valence-electron chi connectivity index (χ3n) is 2.88. The number of rotatable bonds is 1. The minimum Gasteiger partial charge on any atom is -0.389 e. The average Bonchev–Trinajstić information content (AvgIpc) is 2.53. The van der Waals surface area contributed by atoms with Crippen LogP contribution in [0.15, 0.2) is 0 Å². The van der Waals surface area contributed by atoms with Crippen molar-refractivity contribution in [2.24, 2.45) is 0 Å². The van der Waals surface area contributed by atoms with E-state index in [9.17, 15) is 5.11 Å². The molecule has 0 bridgehead atoms. The fourth-order valence-electron chi connectivity index (χ4n) is 2.13. The van der Waals surface area contributed by atoms with E-state index in [-0.39, 0.29) is 12.1 Å². The molecular weight excluding hydrogens is 154 g/mol. The molecule has 3 nitrogen and oxygen atoms in total. The quantitative estimate of drug-likeness (QED) is 0.613. The molecule has 70 valence electrons. The molecule has 0 saturated carbocycles. The lowest BCUT2D eigenvalue weighted by atomic mass is 10.1. The number of nitrogens with zero attached hydrogens (tertiary/aromatic N) is 1. The molecule has 2 aliphatic heterocycles. The molecule has 2 atom stereocenters. The van der Waals surface area contributed by atoms with Crippen molar-refractivity contribution in [2.45, 2.75) is 31.4 Å². The Hall–Kier alpha value is -0.120. The zero-order chi connectivity index (χ0) is 8.39. The summed E-state index contributed by atoms with van der Waals surface area (Å²) in [5, 5.41) is 9.57. The van der Waals surface area contributed by atoms with Crippen LogP contribution in [0.3, 0.4) is 0 Å². The Morgan fingerprint density at radius 2 is 1.83 bits per heavy atom. The minimum atomic E-state index is -0.247. The number of aliphatic hydroxyl groups is 1. The van der Waals surface area contributed by atoms with Gasteiger partial charge in [-0.15, -0.1) is 0 Å². The third kappa shape index (κ3) is 1.63. The monoisotopic (exact) mass is 171 g/mol. The predicted octanol–water partition coefficient (Wildman–Crippen LogP) is 0.232. The van der Waals surface area contributed by atoms with Gasteiger partial charge in [0, 0.05) is 0 Å². The number of ether oxygens (including phenoxy) is 1. The molecule has 0 aliphatic carbocycles. The third-order valence-corrected chi connectivity index (χ3v) is 2.88. The zero-order valence-corrected chi connectivity index (χ0v) is 7.41. The van der Waals surface area contributed by atoms with Gasteiger partial charge in [0.2, 0.25) is 0 Å². The van der Waals surface area contributed by atoms with Crippen LogP contribution in [-0.2, 0) is 4.74 Å². The molecule has 2 saturated heterocycles. The Labute approximate surface area is 73.3 Å². The number of likely N-dealkylation sites (tertiary alicyclic amines) is 1. The van der Waals surface area contributed by atoms with Gasteiger partial charge in [-0.1, -0.05) is 6.42 Å². The second-order valence-corrected chi connectivity index (χ2v) is 3.77. The Kier molecular flexibility index (Phi) is 2.63. The Bertz CT molecular complexity index is 145. The van der Waals surface area contributed by atoms with Gasteiger partial charge in [0.25, 0.3) is 0 Å². The molecule has 2 unspecified atom stereocenters. The second-order valence-electron chi connectivity index (χ2n) is 3.77. The highest BCUT2D eigenvalue weighted by molar-refractivity contribution is 4.84. The van der Waals surface area contributed by atoms with Gasteiger partial charge in [-0.2, -0.15) is 0 Å². The standard InChI is InChI=1S/C9H17NO2/c11-9-7-12-6-8(9)10-4-2-1-3-5-10/h8-9,11H,1-7H2. The molecule has 0 amide bonds. The van der Waals surface area contributed by atoms with Crippen LogP contribution in [0.4, 0.5) is 0 Å². The molecule has 0 aromatic carbocycles. The minimum absolute atomic E-state index is 0.247. The second kappa shape index (κ2) is 3.73. The van der Waals surface area contributed by atoms with Crippen LogP contribution in [0.2, 0.25) is 0 Å². The SMILES string of the molecule is OC1COCC1N1CCCCC1. The molecule has 2 aliphatic rings. The summed E-state index contributed by atoms with van der Waals surface area (Å²) in [7, 11) is 0. The molecule has 1 N–H and O–H groups in total. The van der Waals surface area contributed by atoms with Crippen LogP contribution in [-0.4, -0.2) is 48.5 Å². The number of aliphatic hydroxyl groups excluding tert-OH is 1. The van der Waals surface area contributed by atoms with E-state index in [0.717, 1.165) is 19.7 Å². The van der Waals surface area contributed by atoms with Crippen molar-refractivity contribution >= 4 is 0 Å². The summed E-state index contributed by atoms with van der Waals surface area (Å²) in [6.45, 7) is 3.54. The average molecular weight is 171 g/mol. The van der Waals surface area contributed by atoms with Crippen molar-refractivity contribution in [3.63, 3.8) is 0 Å². The van der Waals surface area contributed by atoms with Crippen molar-refractivity contribution in [1.29, 1.82) is 0 Å². The summed E-state index contributed by atoms with van der Waals surface area (Å²) in [4.78, 5) is 2.38. The lowest BCUT2D eigenvalue weighted by molar-refractivity contribution is 0.0704. The van der Waals surface area contributed by atoms with E-state index >= 15 is 0 Å².